The van der Waals surface area contributed by atoms with Gasteiger partial charge in [0.2, 0.25) is 5.91 Å². The van der Waals surface area contributed by atoms with Gasteiger partial charge in [-0.2, -0.15) is 0 Å². The normalized spacial score (nSPS) is 24.3. The van der Waals surface area contributed by atoms with Gasteiger partial charge in [-0.25, -0.2) is 0 Å². The fourth-order valence-corrected chi connectivity index (χ4v) is 4.49. The lowest BCUT2D eigenvalue weighted by Crippen LogP contribution is -2.47. The maximum atomic E-state index is 12.5. The second kappa shape index (κ2) is 9.87. The van der Waals surface area contributed by atoms with Gasteiger partial charge in [-0.15, -0.1) is 11.8 Å². The number of hydrogen-bond donors (Lipinski definition) is 1. The molecule has 2 atom stereocenters. The Morgan fingerprint density at radius 3 is 2.89 bits per heavy atom. The standard InChI is InChI=1S/C19H25N3O4S/c23-18(21-10-11-27-19(21)13-22(24)25)12-20-16-8-4-5-9-17(16)26-14-15-6-2-1-3-7-15/h1-3,6-7,13,16-17,20H,4-5,8-12,14H2/b19-13-/t16-,17-/m0/s1. The third kappa shape index (κ3) is 5.79. The number of nitrogens with zero attached hydrogens (tertiary/aromatic N) is 2. The van der Waals surface area contributed by atoms with Gasteiger partial charge >= 0.3 is 0 Å². The molecule has 7 nitrogen and oxygen atoms in total. The highest BCUT2D eigenvalue weighted by Gasteiger charge is 2.29. The average molecular weight is 391 g/mol. The quantitative estimate of drug-likeness (QED) is 0.568. The van der Waals surface area contributed by atoms with Crippen LogP contribution in [-0.4, -0.2) is 46.7 Å². The van der Waals surface area contributed by atoms with Gasteiger partial charge in [-0.1, -0.05) is 43.2 Å². The van der Waals surface area contributed by atoms with Crippen molar-refractivity contribution in [2.75, 3.05) is 18.8 Å². The number of thioether (sulfide) groups is 1. The number of rotatable bonds is 7. The first kappa shape index (κ1) is 19.9. The van der Waals surface area contributed by atoms with E-state index in [9.17, 15) is 14.9 Å². The molecule has 0 spiro atoms. The number of hydrogen-bond acceptors (Lipinski definition) is 6. The molecule has 0 bridgehead atoms. The van der Waals surface area contributed by atoms with Crippen LogP contribution in [0.2, 0.25) is 0 Å². The van der Waals surface area contributed by atoms with Crippen LogP contribution in [-0.2, 0) is 16.1 Å². The molecule has 2 aliphatic rings. The molecule has 1 aliphatic heterocycles. The fourth-order valence-electron chi connectivity index (χ4n) is 3.50. The Balaban J connectivity index is 1.51. The number of carbonyl (C=O) groups excluding carboxylic acids is 1. The fraction of sp³-hybridized carbons (Fsp3) is 0.526. The van der Waals surface area contributed by atoms with Crippen LogP contribution in [0.25, 0.3) is 0 Å². The molecular formula is C19H25N3O4S. The van der Waals surface area contributed by atoms with Gasteiger partial charge in [0, 0.05) is 18.3 Å². The average Bonchev–Trinajstić information content (AvgIpc) is 3.13. The van der Waals surface area contributed by atoms with Gasteiger partial charge in [-0.3, -0.25) is 19.8 Å². The number of ether oxygens (including phenoxy) is 1. The maximum Gasteiger partial charge on any atom is 0.264 e. The van der Waals surface area contributed by atoms with E-state index in [-0.39, 0.29) is 24.6 Å². The summed E-state index contributed by atoms with van der Waals surface area (Å²) in [6.07, 6.45) is 5.19. The molecular weight excluding hydrogens is 366 g/mol. The summed E-state index contributed by atoms with van der Waals surface area (Å²) < 4.78 is 6.12. The highest BCUT2D eigenvalue weighted by molar-refractivity contribution is 8.03. The van der Waals surface area contributed by atoms with Crippen LogP contribution in [0.15, 0.2) is 41.6 Å². The van der Waals surface area contributed by atoms with Crippen molar-refractivity contribution >= 4 is 17.7 Å². The van der Waals surface area contributed by atoms with Gasteiger partial charge in [0.05, 0.1) is 24.2 Å². The summed E-state index contributed by atoms with van der Waals surface area (Å²) in [5, 5.41) is 14.5. The zero-order chi connectivity index (χ0) is 19.1. The van der Waals surface area contributed by atoms with E-state index >= 15 is 0 Å². The Morgan fingerprint density at radius 1 is 1.33 bits per heavy atom. The smallest absolute Gasteiger partial charge is 0.264 e. The van der Waals surface area contributed by atoms with Gasteiger partial charge in [0.15, 0.2) is 0 Å². The van der Waals surface area contributed by atoms with E-state index in [0.29, 0.717) is 23.9 Å². The van der Waals surface area contributed by atoms with Crippen molar-refractivity contribution in [3.63, 3.8) is 0 Å². The molecule has 27 heavy (non-hydrogen) atoms. The van der Waals surface area contributed by atoms with Gasteiger partial charge in [-0.05, 0) is 18.4 Å². The lowest BCUT2D eigenvalue weighted by molar-refractivity contribution is -0.403. The van der Waals surface area contributed by atoms with Crippen molar-refractivity contribution in [2.24, 2.45) is 0 Å². The number of nitrogens with one attached hydrogen (secondary N) is 1. The van der Waals surface area contributed by atoms with E-state index in [1.54, 1.807) is 0 Å². The predicted octanol–water partition coefficient (Wildman–Crippen LogP) is 2.76. The Bertz CT molecular complexity index is 683. The second-order valence-electron chi connectivity index (χ2n) is 6.75. The van der Waals surface area contributed by atoms with E-state index in [1.165, 1.54) is 16.7 Å². The van der Waals surface area contributed by atoms with E-state index in [4.69, 9.17) is 4.74 Å². The summed E-state index contributed by atoms with van der Waals surface area (Å²) >= 11 is 1.35. The van der Waals surface area contributed by atoms with E-state index in [1.807, 2.05) is 30.3 Å². The zero-order valence-corrected chi connectivity index (χ0v) is 16.0. The minimum atomic E-state index is -0.504. The molecule has 1 amide bonds. The molecule has 1 aromatic rings. The Hall–Kier alpha value is -1.90. The monoisotopic (exact) mass is 391 g/mol. The van der Waals surface area contributed by atoms with Crippen molar-refractivity contribution in [2.45, 2.75) is 44.4 Å². The molecule has 0 aromatic heterocycles. The largest absolute Gasteiger partial charge is 0.372 e. The number of benzene rings is 1. The number of nitro groups is 1. The highest BCUT2D eigenvalue weighted by atomic mass is 32.2. The first-order valence-corrected chi connectivity index (χ1v) is 10.3. The van der Waals surface area contributed by atoms with Crippen LogP contribution < -0.4 is 5.32 Å². The first-order valence-electron chi connectivity index (χ1n) is 9.31. The maximum absolute atomic E-state index is 12.5. The summed E-state index contributed by atoms with van der Waals surface area (Å²) in [7, 11) is 0. The van der Waals surface area contributed by atoms with E-state index < -0.39 is 4.92 Å². The first-order chi connectivity index (χ1) is 13.1. The molecule has 1 saturated carbocycles. The molecule has 3 rings (SSSR count). The lowest BCUT2D eigenvalue weighted by Gasteiger charge is -2.32. The number of carbonyl (C=O) groups is 1. The van der Waals surface area contributed by atoms with Crippen LogP contribution in [0.3, 0.4) is 0 Å². The molecule has 1 aliphatic carbocycles. The van der Waals surface area contributed by atoms with Gasteiger partial charge in [0.1, 0.15) is 5.03 Å². The Morgan fingerprint density at radius 2 is 2.11 bits per heavy atom. The lowest BCUT2D eigenvalue weighted by atomic mass is 9.92. The summed E-state index contributed by atoms with van der Waals surface area (Å²) in [6, 6.07) is 10.2. The topological polar surface area (TPSA) is 84.7 Å². The molecule has 8 heteroatoms. The van der Waals surface area contributed by atoms with Crippen molar-refractivity contribution in [1.82, 2.24) is 10.2 Å². The summed E-state index contributed by atoms with van der Waals surface area (Å²) in [4.78, 5) is 24.2. The molecule has 2 fully saturated rings. The third-order valence-corrected chi connectivity index (χ3v) is 5.88. The van der Waals surface area contributed by atoms with Crippen LogP contribution in [0, 0.1) is 10.1 Å². The molecule has 1 heterocycles. The minimum absolute atomic E-state index is 0.0773. The van der Waals surface area contributed by atoms with Crippen LogP contribution in [0.5, 0.6) is 0 Å². The molecule has 0 unspecified atom stereocenters. The summed E-state index contributed by atoms with van der Waals surface area (Å²) in [5.74, 6) is 0.568. The van der Waals surface area contributed by atoms with Crippen molar-refractivity contribution < 1.29 is 14.5 Å². The zero-order valence-electron chi connectivity index (χ0n) is 15.2. The van der Waals surface area contributed by atoms with Gasteiger partial charge < -0.3 is 10.1 Å². The number of amides is 1. The predicted molar refractivity (Wildman–Crippen MR) is 105 cm³/mol. The van der Waals surface area contributed by atoms with Crippen LogP contribution in [0.1, 0.15) is 31.2 Å². The molecule has 1 saturated heterocycles. The van der Waals surface area contributed by atoms with E-state index in [2.05, 4.69) is 5.32 Å². The van der Waals surface area contributed by atoms with Crippen molar-refractivity contribution in [1.29, 1.82) is 0 Å². The van der Waals surface area contributed by atoms with E-state index in [0.717, 1.165) is 37.4 Å². The molecule has 1 aromatic carbocycles. The Labute approximate surface area is 163 Å². The summed E-state index contributed by atoms with van der Waals surface area (Å²) in [5.41, 5.74) is 1.14. The third-order valence-electron chi connectivity index (χ3n) is 4.87. The SMILES string of the molecule is O=C(CN[C@H]1CCCC[C@@H]1OCc1ccccc1)N1CCS/C1=C\[N+](=O)[O-]. The highest BCUT2D eigenvalue weighted by Crippen LogP contribution is 2.28. The minimum Gasteiger partial charge on any atom is -0.372 e. The Kier molecular flexibility index (Phi) is 7.25. The van der Waals surface area contributed by atoms with Gasteiger partial charge in [0.25, 0.3) is 6.20 Å². The molecule has 146 valence electrons. The van der Waals surface area contributed by atoms with Crippen LogP contribution >= 0.6 is 11.8 Å². The van der Waals surface area contributed by atoms with Crippen molar-refractivity contribution in [3.8, 4) is 0 Å². The molecule has 1 N–H and O–H groups in total. The molecule has 0 radical (unpaired) electrons. The van der Waals surface area contributed by atoms with Crippen molar-refractivity contribution in [3.05, 3.63) is 57.2 Å². The summed E-state index contributed by atoms with van der Waals surface area (Å²) in [6.45, 7) is 1.26. The van der Waals surface area contributed by atoms with Crippen LogP contribution in [0.4, 0.5) is 0 Å². The second-order valence-corrected chi connectivity index (χ2v) is 7.87.